The van der Waals surface area contributed by atoms with Crippen LogP contribution in [0.1, 0.15) is 25.8 Å². The van der Waals surface area contributed by atoms with Gasteiger partial charge in [-0.3, -0.25) is 0 Å². The van der Waals surface area contributed by atoms with Crippen molar-refractivity contribution in [2.24, 2.45) is 0 Å². The molecule has 0 spiro atoms. The van der Waals surface area contributed by atoms with E-state index in [-0.39, 0.29) is 12.7 Å². The maximum atomic E-state index is 8.82. The fourth-order valence-electron chi connectivity index (χ4n) is 0.989. The number of aliphatic hydroxyl groups is 1. The van der Waals surface area contributed by atoms with Gasteiger partial charge in [0.25, 0.3) is 0 Å². The second-order valence-corrected chi connectivity index (χ2v) is 3.14. The summed E-state index contributed by atoms with van der Waals surface area (Å²) in [5.41, 5.74) is 0.913. The van der Waals surface area contributed by atoms with Gasteiger partial charge < -0.3 is 9.84 Å². The summed E-state index contributed by atoms with van der Waals surface area (Å²) in [5.74, 6) is 0.867. The minimum atomic E-state index is 0.0869. The van der Waals surface area contributed by atoms with Crippen LogP contribution < -0.4 is 4.74 Å². The van der Waals surface area contributed by atoms with Gasteiger partial charge in [-0.25, -0.2) is 0 Å². The number of aliphatic hydroxyl groups excluding tert-OH is 1. The summed E-state index contributed by atoms with van der Waals surface area (Å²) in [6.07, 6.45) is 1.25. The molecule has 0 aliphatic heterocycles. The van der Waals surface area contributed by atoms with Gasteiger partial charge in [0.1, 0.15) is 5.75 Å². The van der Waals surface area contributed by atoms with E-state index in [9.17, 15) is 0 Å². The van der Waals surface area contributed by atoms with Gasteiger partial charge in [-0.1, -0.05) is 19.1 Å². The molecule has 0 aromatic heterocycles. The molecule has 0 heterocycles. The van der Waals surface area contributed by atoms with Gasteiger partial charge in [-0.15, -0.1) is 0 Å². The van der Waals surface area contributed by atoms with Crippen molar-refractivity contribution in [1.82, 2.24) is 0 Å². The first-order chi connectivity index (χ1) is 6.26. The van der Waals surface area contributed by atoms with E-state index in [1.165, 1.54) is 0 Å². The first-order valence-electron chi connectivity index (χ1n) is 4.62. The minimum Gasteiger partial charge on any atom is -0.491 e. The van der Waals surface area contributed by atoms with Crippen LogP contribution in [0.5, 0.6) is 5.75 Å². The van der Waals surface area contributed by atoms with Crippen LogP contribution in [0, 0.1) is 0 Å². The molecule has 0 aliphatic carbocycles. The van der Waals surface area contributed by atoms with Crippen molar-refractivity contribution < 1.29 is 9.84 Å². The maximum absolute atomic E-state index is 8.82. The molecule has 1 aromatic rings. The molecule has 2 nitrogen and oxygen atoms in total. The lowest BCUT2D eigenvalue weighted by Crippen LogP contribution is -2.09. The Balaban J connectivity index is 2.58. The molecule has 0 aliphatic rings. The molecule has 1 rings (SSSR count). The normalized spacial score (nSPS) is 12.5. The fourth-order valence-corrected chi connectivity index (χ4v) is 0.989. The molecule has 0 amide bonds. The summed E-state index contributed by atoms with van der Waals surface area (Å²) in [5, 5.41) is 8.82. The van der Waals surface area contributed by atoms with Gasteiger partial charge in [-0.05, 0) is 31.0 Å². The molecular formula is C11H16O2. The number of hydrogen-bond donors (Lipinski definition) is 1. The van der Waals surface area contributed by atoms with E-state index >= 15 is 0 Å². The second kappa shape index (κ2) is 4.87. The molecule has 0 unspecified atom stereocenters. The van der Waals surface area contributed by atoms with Crippen LogP contribution in [0.4, 0.5) is 0 Å². The monoisotopic (exact) mass is 180 g/mol. The number of ether oxygens (including phenoxy) is 1. The zero-order valence-electron chi connectivity index (χ0n) is 8.16. The van der Waals surface area contributed by atoms with E-state index in [0.717, 1.165) is 17.7 Å². The average Bonchev–Trinajstić information content (AvgIpc) is 2.19. The van der Waals surface area contributed by atoms with Crippen LogP contribution in [0.3, 0.4) is 0 Å². The topological polar surface area (TPSA) is 29.5 Å². The third kappa shape index (κ3) is 3.07. The highest BCUT2D eigenvalue weighted by molar-refractivity contribution is 5.26. The molecule has 0 fully saturated rings. The van der Waals surface area contributed by atoms with E-state index < -0.39 is 0 Å². The first-order valence-corrected chi connectivity index (χ1v) is 4.62. The van der Waals surface area contributed by atoms with E-state index in [1.807, 2.05) is 31.2 Å². The first kappa shape index (κ1) is 10.1. The van der Waals surface area contributed by atoms with Crippen molar-refractivity contribution in [2.45, 2.75) is 33.0 Å². The van der Waals surface area contributed by atoms with Crippen molar-refractivity contribution in [1.29, 1.82) is 0 Å². The average molecular weight is 180 g/mol. The summed E-state index contributed by atoms with van der Waals surface area (Å²) in [4.78, 5) is 0. The Morgan fingerprint density at radius 2 is 1.92 bits per heavy atom. The van der Waals surface area contributed by atoms with Crippen LogP contribution in [0.2, 0.25) is 0 Å². The fraction of sp³-hybridized carbons (Fsp3) is 0.455. The van der Waals surface area contributed by atoms with Gasteiger partial charge in [0.2, 0.25) is 0 Å². The Morgan fingerprint density at radius 1 is 1.31 bits per heavy atom. The predicted molar refractivity (Wildman–Crippen MR) is 52.7 cm³/mol. The molecule has 0 bridgehead atoms. The van der Waals surface area contributed by atoms with E-state index in [1.54, 1.807) is 0 Å². The van der Waals surface area contributed by atoms with E-state index in [2.05, 4.69) is 6.92 Å². The molecule has 1 aromatic carbocycles. The van der Waals surface area contributed by atoms with Crippen molar-refractivity contribution in [3.63, 3.8) is 0 Å². The van der Waals surface area contributed by atoms with Crippen LogP contribution in [-0.4, -0.2) is 11.2 Å². The van der Waals surface area contributed by atoms with Crippen LogP contribution in [0.15, 0.2) is 24.3 Å². The summed E-state index contributed by atoms with van der Waals surface area (Å²) < 4.78 is 5.58. The largest absolute Gasteiger partial charge is 0.491 e. The molecule has 2 heteroatoms. The minimum absolute atomic E-state index is 0.0869. The van der Waals surface area contributed by atoms with Crippen molar-refractivity contribution in [3.8, 4) is 5.75 Å². The number of rotatable bonds is 4. The zero-order valence-corrected chi connectivity index (χ0v) is 8.16. The standard InChI is InChI=1S/C11H16O2/c1-3-9(2)13-11-6-4-10(8-12)5-7-11/h4-7,9,12H,3,8H2,1-2H3/t9-/m1/s1. The highest BCUT2D eigenvalue weighted by Gasteiger charge is 1.99. The van der Waals surface area contributed by atoms with Gasteiger partial charge in [0.15, 0.2) is 0 Å². The third-order valence-electron chi connectivity index (χ3n) is 2.02. The quantitative estimate of drug-likeness (QED) is 0.770. The Bertz CT molecular complexity index is 241. The zero-order chi connectivity index (χ0) is 9.68. The van der Waals surface area contributed by atoms with Gasteiger partial charge in [0.05, 0.1) is 12.7 Å². The SMILES string of the molecule is CC[C@@H](C)Oc1ccc(CO)cc1. The Kier molecular flexibility index (Phi) is 3.77. The van der Waals surface area contributed by atoms with E-state index in [0.29, 0.717) is 0 Å². The summed E-state index contributed by atoms with van der Waals surface area (Å²) >= 11 is 0. The summed E-state index contributed by atoms with van der Waals surface area (Å²) in [6, 6.07) is 7.52. The molecule has 0 radical (unpaired) electrons. The molecule has 1 atom stereocenters. The molecule has 1 N–H and O–H groups in total. The lowest BCUT2D eigenvalue weighted by Gasteiger charge is -2.12. The molecular weight excluding hydrogens is 164 g/mol. The van der Waals surface area contributed by atoms with Crippen molar-refractivity contribution in [3.05, 3.63) is 29.8 Å². The lowest BCUT2D eigenvalue weighted by atomic mass is 10.2. The molecule has 0 saturated heterocycles. The summed E-state index contributed by atoms with van der Waals surface area (Å²) in [6.45, 7) is 4.22. The number of hydrogen-bond acceptors (Lipinski definition) is 2. The molecule has 0 saturated carbocycles. The van der Waals surface area contributed by atoms with Gasteiger partial charge >= 0.3 is 0 Å². The smallest absolute Gasteiger partial charge is 0.119 e. The lowest BCUT2D eigenvalue weighted by molar-refractivity contribution is 0.217. The van der Waals surface area contributed by atoms with Crippen LogP contribution in [0.25, 0.3) is 0 Å². The maximum Gasteiger partial charge on any atom is 0.119 e. The Hall–Kier alpha value is -1.02. The summed E-state index contributed by atoms with van der Waals surface area (Å²) in [7, 11) is 0. The van der Waals surface area contributed by atoms with Crippen molar-refractivity contribution >= 4 is 0 Å². The van der Waals surface area contributed by atoms with Crippen molar-refractivity contribution in [2.75, 3.05) is 0 Å². The molecule has 13 heavy (non-hydrogen) atoms. The van der Waals surface area contributed by atoms with Gasteiger partial charge in [-0.2, -0.15) is 0 Å². The van der Waals surface area contributed by atoms with Gasteiger partial charge in [0, 0.05) is 0 Å². The third-order valence-corrected chi connectivity index (χ3v) is 2.02. The number of benzene rings is 1. The Labute approximate surface area is 79.2 Å². The van der Waals surface area contributed by atoms with Crippen LogP contribution in [-0.2, 0) is 6.61 Å². The predicted octanol–water partition coefficient (Wildman–Crippen LogP) is 2.36. The second-order valence-electron chi connectivity index (χ2n) is 3.14. The van der Waals surface area contributed by atoms with E-state index in [4.69, 9.17) is 9.84 Å². The highest BCUT2D eigenvalue weighted by atomic mass is 16.5. The highest BCUT2D eigenvalue weighted by Crippen LogP contribution is 2.14. The Morgan fingerprint density at radius 3 is 2.38 bits per heavy atom. The van der Waals surface area contributed by atoms with Crippen LogP contribution >= 0.6 is 0 Å². The molecule has 72 valence electrons.